The molecule has 0 atom stereocenters. The van der Waals surface area contributed by atoms with Gasteiger partial charge in [-0.15, -0.1) is 0 Å². The molecule has 2 N–H and O–H groups in total. The van der Waals surface area contributed by atoms with Gasteiger partial charge in [0.15, 0.2) is 12.6 Å². The number of rotatable bonds is 8. The minimum absolute atomic E-state index is 0.147. The van der Waals surface area contributed by atoms with Crippen LogP contribution in [0.1, 0.15) is 30.9 Å². The van der Waals surface area contributed by atoms with Crippen LogP contribution in [-0.2, 0) is 17.9 Å². The summed E-state index contributed by atoms with van der Waals surface area (Å²) in [6.07, 6.45) is -2.92. The van der Waals surface area contributed by atoms with Gasteiger partial charge in [0.25, 0.3) is 0 Å². The van der Waals surface area contributed by atoms with E-state index < -0.39 is 12.8 Å². The number of carbonyl (C=O) groups excluding carboxylic acids is 1. The maximum absolute atomic E-state index is 12.5. The van der Waals surface area contributed by atoms with Crippen molar-refractivity contribution >= 4 is 17.6 Å². The highest BCUT2D eigenvalue weighted by molar-refractivity contribution is 5.95. The summed E-state index contributed by atoms with van der Waals surface area (Å²) in [6.45, 7) is 2.65. The Bertz CT molecular complexity index is 930. The quantitative estimate of drug-likeness (QED) is 0.473. The molecule has 1 aliphatic rings. The molecule has 9 heteroatoms. The molecule has 1 saturated heterocycles. The Morgan fingerprint density at radius 3 is 2.53 bits per heavy atom. The number of ether oxygens (including phenoxy) is 1. The lowest BCUT2D eigenvalue weighted by Crippen LogP contribution is -2.37. The van der Waals surface area contributed by atoms with Gasteiger partial charge in [-0.25, -0.2) is 4.99 Å². The fourth-order valence-electron chi connectivity index (χ4n) is 3.34. The summed E-state index contributed by atoms with van der Waals surface area (Å²) < 4.78 is 42.4. The fraction of sp³-hybridized carbons (Fsp3) is 0.391. The molecule has 0 unspecified atom stereocenters. The number of nitrogens with one attached hydrogen (secondary N) is 2. The fourth-order valence-corrected chi connectivity index (χ4v) is 3.34. The van der Waals surface area contributed by atoms with Crippen LogP contribution in [-0.4, -0.2) is 37.7 Å². The molecule has 1 aliphatic heterocycles. The van der Waals surface area contributed by atoms with E-state index in [4.69, 9.17) is 4.74 Å². The van der Waals surface area contributed by atoms with Gasteiger partial charge < -0.3 is 20.3 Å². The third-order valence-electron chi connectivity index (χ3n) is 4.90. The highest BCUT2D eigenvalue weighted by Crippen LogP contribution is 2.23. The van der Waals surface area contributed by atoms with Crippen LogP contribution in [0.25, 0.3) is 0 Å². The zero-order valence-corrected chi connectivity index (χ0v) is 17.9. The van der Waals surface area contributed by atoms with Crippen molar-refractivity contribution in [3.63, 3.8) is 0 Å². The lowest BCUT2D eigenvalue weighted by Gasteiger charge is -2.16. The van der Waals surface area contributed by atoms with Crippen molar-refractivity contribution in [2.45, 2.75) is 39.0 Å². The molecule has 0 radical (unpaired) electrons. The SMILES string of the molecule is CCNC(=NCc1ccc(N2CCCC2=O)cc1)NCc1ccccc1OCC(F)(F)F. The second-order valence-electron chi connectivity index (χ2n) is 7.38. The number of guanidine groups is 1. The van der Waals surface area contributed by atoms with E-state index in [2.05, 4.69) is 15.6 Å². The first kappa shape index (κ1) is 23.4. The number of benzene rings is 2. The molecule has 32 heavy (non-hydrogen) atoms. The number of halogens is 3. The summed E-state index contributed by atoms with van der Waals surface area (Å²) >= 11 is 0. The minimum Gasteiger partial charge on any atom is -0.484 e. The highest BCUT2D eigenvalue weighted by Gasteiger charge is 2.28. The monoisotopic (exact) mass is 448 g/mol. The van der Waals surface area contributed by atoms with Crippen LogP contribution >= 0.6 is 0 Å². The Balaban J connectivity index is 1.60. The van der Waals surface area contributed by atoms with Crippen LogP contribution in [0.5, 0.6) is 5.75 Å². The second-order valence-corrected chi connectivity index (χ2v) is 7.38. The van der Waals surface area contributed by atoms with Gasteiger partial charge in [0.2, 0.25) is 5.91 Å². The average Bonchev–Trinajstić information content (AvgIpc) is 3.20. The van der Waals surface area contributed by atoms with Crippen LogP contribution in [0.2, 0.25) is 0 Å². The maximum atomic E-state index is 12.5. The zero-order chi connectivity index (χ0) is 23.0. The van der Waals surface area contributed by atoms with Crippen molar-refractivity contribution in [3.8, 4) is 5.75 Å². The van der Waals surface area contributed by atoms with Crippen LogP contribution in [0.4, 0.5) is 18.9 Å². The number of para-hydroxylation sites is 1. The predicted octanol–water partition coefficient (Wildman–Crippen LogP) is 4.01. The highest BCUT2D eigenvalue weighted by atomic mass is 19.4. The number of anilines is 1. The second kappa shape index (κ2) is 10.9. The lowest BCUT2D eigenvalue weighted by atomic mass is 10.2. The van der Waals surface area contributed by atoms with E-state index >= 15 is 0 Å². The molecule has 0 bridgehead atoms. The van der Waals surface area contributed by atoms with Crippen molar-refractivity contribution in [1.82, 2.24) is 10.6 Å². The Hall–Kier alpha value is -3.23. The lowest BCUT2D eigenvalue weighted by molar-refractivity contribution is -0.153. The summed E-state index contributed by atoms with van der Waals surface area (Å²) in [7, 11) is 0. The summed E-state index contributed by atoms with van der Waals surface area (Å²) in [6, 6.07) is 14.3. The van der Waals surface area contributed by atoms with E-state index in [0.717, 1.165) is 24.2 Å². The van der Waals surface area contributed by atoms with Crippen molar-refractivity contribution in [3.05, 3.63) is 59.7 Å². The molecule has 0 spiro atoms. The topological polar surface area (TPSA) is 66.0 Å². The molecular weight excluding hydrogens is 421 g/mol. The molecule has 172 valence electrons. The summed E-state index contributed by atoms with van der Waals surface area (Å²) in [5.74, 6) is 0.867. The Morgan fingerprint density at radius 2 is 1.88 bits per heavy atom. The number of aliphatic imine (C=N–C) groups is 1. The first-order chi connectivity index (χ1) is 15.4. The van der Waals surface area contributed by atoms with Crippen molar-refractivity contribution in [2.24, 2.45) is 4.99 Å². The molecule has 0 aromatic heterocycles. The van der Waals surface area contributed by atoms with Gasteiger partial charge in [-0.1, -0.05) is 30.3 Å². The molecule has 3 rings (SSSR count). The van der Waals surface area contributed by atoms with E-state index in [-0.39, 0.29) is 18.2 Å². The third kappa shape index (κ3) is 6.90. The van der Waals surface area contributed by atoms with Crippen LogP contribution in [0.3, 0.4) is 0 Å². The maximum Gasteiger partial charge on any atom is 0.422 e. The zero-order valence-electron chi connectivity index (χ0n) is 17.9. The first-order valence-electron chi connectivity index (χ1n) is 10.5. The van der Waals surface area contributed by atoms with Gasteiger partial charge in [-0.3, -0.25) is 4.79 Å². The number of nitrogens with zero attached hydrogens (tertiary/aromatic N) is 2. The summed E-state index contributed by atoms with van der Waals surface area (Å²) in [5.41, 5.74) is 2.47. The first-order valence-corrected chi connectivity index (χ1v) is 10.5. The molecule has 1 amide bonds. The average molecular weight is 448 g/mol. The molecule has 2 aromatic rings. The van der Waals surface area contributed by atoms with Crippen LogP contribution in [0, 0.1) is 0 Å². The Kier molecular flexibility index (Phi) is 7.97. The number of amides is 1. The van der Waals surface area contributed by atoms with E-state index in [1.807, 2.05) is 31.2 Å². The smallest absolute Gasteiger partial charge is 0.422 e. The molecule has 0 aliphatic carbocycles. The van der Waals surface area contributed by atoms with Crippen LogP contribution in [0.15, 0.2) is 53.5 Å². The summed E-state index contributed by atoms with van der Waals surface area (Å²) in [5, 5.41) is 6.26. The Labute approximate surface area is 185 Å². The molecule has 1 heterocycles. The van der Waals surface area contributed by atoms with Gasteiger partial charge in [0.05, 0.1) is 6.54 Å². The van der Waals surface area contributed by atoms with Crippen molar-refractivity contribution in [2.75, 3.05) is 24.6 Å². The predicted molar refractivity (Wildman–Crippen MR) is 118 cm³/mol. The van der Waals surface area contributed by atoms with Gasteiger partial charge in [-0.2, -0.15) is 13.2 Å². The molecule has 0 saturated carbocycles. The van der Waals surface area contributed by atoms with E-state index in [1.165, 1.54) is 6.07 Å². The molecule has 2 aromatic carbocycles. The standard InChI is InChI=1S/C23H27F3N4O2/c1-2-27-22(29-15-18-6-3-4-7-20(18)32-16-23(24,25)26)28-14-17-9-11-19(12-10-17)30-13-5-8-21(30)31/h3-4,6-7,9-12H,2,5,8,13-16H2,1H3,(H2,27,28,29). The third-order valence-corrected chi connectivity index (χ3v) is 4.90. The van der Waals surface area contributed by atoms with Gasteiger partial charge in [0.1, 0.15) is 5.75 Å². The van der Waals surface area contributed by atoms with Crippen molar-refractivity contribution in [1.29, 1.82) is 0 Å². The minimum atomic E-state index is -4.39. The van der Waals surface area contributed by atoms with Crippen molar-refractivity contribution < 1.29 is 22.7 Å². The normalized spacial score (nSPS) is 14.6. The number of hydrogen-bond donors (Lipinski definition) is 2. The van der Waals surface area contributed by atoms with Gasteiger partial charge in [-0.05, 0) is 37.1 Å². The van der Waals surface area contributed by atoms with E-state index in [9.17, 15) is 18.0 Å². The van der Waals surface area contributed by atoms with Crippen LogP contribution < -0.4 is 20.3 Å². The number of hydrogen-bond acceptors (Lipinski definition) is 3. The van der Waals surface area contributed by atoms with Gasteiger partial charge in [0, 0.05) is 37.3 Å². The largest absolute Gasteiger partial charge is 0.484 e. The van der Waals surface area contributed by atoms with E-state index in [0.29, 0.717) is 31.0 Å². The Morgan fingerprint density at radius 1 is 1.12 bits per heavy atom. The van der Waals surface area contributed by atoms with E-state index in [1.54, 1.807) is 23.1 Å². The molecule has 1 fully saturated rings. The number of alkyl halides is 3. The number of carbonyl (C=O) groups is 1. The summed E-state index contributed by atoms with van der Waals surface area (Å²) in [4.78, 5) is 18.2. The molecule has 6 nitrogen and oxygen atoms in total. The van der Waals surface area contributed by atoms with Gasteiger partial charge >= 0.3 is 6.18 Å². The molecular formula is C23H27F3N4O2.